The zero-order valence-corrected chi connectivity index (χ0v) is 12.7. The second-order valence-electron chi connectivity index (χ2n) is 4.92. The Hall–Kier alpha value is -2.12. The first kappa shape index (κ1) is 15.9. The van der Waals surface area contributed by atoms with Crippen LogP contribution in [0.2, 0.25) is 0 Å². The highest BCUT2D eigenvalue weighted by Crippen LogP contribution is 2.13. The van der Waals surface area contributed by atoms with Gasteiger partial charge < -0.3 is 20.9 Å². The molecule has 112 valence electrons. The van der Waals surface area contributed by atoms with Crippen LogP contribution in [0, 0.1) is 0 Å². The summed E-state index contributed by atoms with van der Waals surface area (Å²) >= 11 is 0. The van der Waals surface area contributed by atoms with Crippen LogP contribution in [0.1, 0.15) is 20.8 Å². The number of rotatable bonds is 6. The molecule has 0 aliphatic carbocycles. The van der Waals surface area contributed by atoms with Crippen LogP contribution >= 0.6 is 0 Å². The highest BCUT2D eigenvalue weighted by atomic mass is 16.2. The van der Waals surface area contributed by atoms with E-state index in [1.54, 1.807) is 9.80 Å². The Morgan fingerprint density at radius 1 is 1.25 bits per heavy atom. The average Bonchev–Trinajstić information content (AvgIpc) is 2.34. The number of nitrogens with two attached hydrogens (primary N) is 1. The normalized spacial score (nSPS) is 10.5. The molecule has 0 aliphatic heterocycles. The number of hydrogen-bond donors (Lipinski definition) is 2. The number of nitrogen functional groups attached to an aromatic ring is 1. The molecule has 0 fully saturated rings. The summed E-state index contributed by atoms with van der Waals surface area (Å²) in [5.41, 5.74) is 5.69. The van der Waals surface area contributed by atoms with Gasteiger partial charge in [-0.2, -0.15) is 15.0 Å². The van der Waals surface area contributed by atoms with E-state index in [1.807, 2.05) is 34.9 Å². The first-order valence-electron chi connectivity index (χ1n) is 6.56. The molecule has 0 spiro atoms. The summed E-state index contributed by atoms with van der Waals surface area (Å²) in [5.74, 6) is 0.937. The summed E-state index contributed by atoms with van der Waals surface area (Å²) in [7, 11) is 3.64. The summed E-state index contributed by atoms with van der Waals surface area (Å²) < 4.78 is 0. The van der Waals surface area contributed by atoms with Crippen LogP contribution in [-0.4, -0.2) is 54.1 Å². The van der Waals surface area contributed by atoms with Gasteiger partial charge in [-0.25, -0.2) is 0 Å². The first-order chi connectivity index (χ1) is 9.33. The van der Waals surface area contributed by atoms with Crippen molar-refractivity contribution in [1.29, 1.82) is 0 Å². The summed E-state index contributed by atoms with van der Waals surface area (Å²) in [6.45, 7) is 6.54. The molecule has 0 aromatic carbocycles. The lowest BCUT2D eigenvalue weighted by Gasteiger charge is -2.22. The molecule has 8 heteroatoms. The highest BCUT2D eigenvalue weighted by molar-refractivity contribution is 5.81. The molecule has 0 unspecified atom stereocenters. The maximum atomic E-state index is 11.8. The summed E-state index contributed by atoms with van der Waals surface area (Å²) in [5, 5.41) is 2.84. The summed E-state index contributed by atoms with van der Waals surface area (Å²) in [6, 6.07) is 0.0990. The van der Waals surface area contributed by atoms with Crippen LogP contribution in [0.5, 0.6) is 0 Å². The zero-order valence-electron chi connectivity index (χ0n) is 12.7. The fourth-order valence-electron chi connectivity index (χ4n) is 1.58. The van der Waals surface area contributed by atoms with Crippen LogP contribution in [0.15, 0.2) is 0 Å². The number of carbonyl (C=O) groups is 1. The third-order valence-corrected chi connectivity index (χ3v) is 2.48. The van der Waals surface area contributed by atoms with Gasteiger partial charge in [-0.1, -0.05) is 0 Å². The number of aromatic nitrogens is 3. The van der Waals surface area contributed by atoms with Crippen molar-refractivity contribution in [3.8, 4) is 0 Å². The second-order valence-corrected chi connectivity index (χ2v) is 4.92. The van der Waals surface area contributed by atoms with Gasteiger partial charge in [0.2, 0.25) is 23.8 Å². The van der Waals surface area contributed by atoms with Crippen LogP contribution in [-0.2, 0) is 4.79 Å². The summed E-state index contributed by atoms with van der Waals surface area (Å²) in [6.07, 6.45) is 0. The van der Waals surface area contributed by atoms with E-state index in [1.165, 1.54) is 0 Å². The van der Waals surface area contributed by atoms with E-state index in [2.05, 4.69) is 20.3 Å². The molecule has 1 aromatic heterocycles. The molecule has 20 heavy (non-hydrogen) atoms. The first-order valence-corrected chi connectivity index (χ1v) is 6.56. The van der Waals surface area contributed by atoms with Crippen LogP contribution in [0.3, 0.4) is 0 Å². The quantitative estimate of drug-likeness (QED) is 0.749. The maximum Gasteiger partial charge on any atom is 0.239 e. The summed E-state index contributed by atoms with van der Waals surface area (Å²) in [4.78, 5) is 27.8. The lowest BCUT2D eigenvalue weighted by molar-refractivity contribution is -0.120. The van der Waals surface area contributed by atoms with E-state index in [0.29, 0.717) is 18.4 Å². The minimum absolute atomic E-state index is 0.0766. The molecule has 3 N–H and O–H groups in total. The Morgan fingerprint density at radius 3 is 2.35 bits per heavy atom. The van der Waals surface area contributed by atoms with Crippen LogP contribution in [0.25, 0.3) is 0 Å². The minimum atomic E-state index is -0.0766. The van der Waals surface area contributed by atoms with Gasteiger partial charge in [-0.15, -0.1) is 0 Å². The Labute approximate surface area is 119 Å². The van der Waals surface area contributed by atoms with Crippen molar-refractivity contribution >= 4 is 23.8 Å². The molecule has 0 aliphatic rings. The number of likely N-dealkylation sites (N-methyl/N-ethyl adjacent to an activating group) is 1. The van der Waals surface area contributed by atoms with Crippen molar-refractivity contribution < 1.29 is 4.79 Å². The van der Waals surface area contributed by atoms with E-state index in [0.717, 1.165) is 0 Å². The molecular formula is C12H23N7O. The molecule has 0 radical (unpaired) electrons. The molecule has 1 aromatic rings. The lowest BCUT2D eigenvalue weighted by atomic mass is 10.4. The fourth-order valence-corrected chi connectivity index (χ4v) is 1.58. The number of carbonyl (C=O) groups excluding carboxylic acids is 1. The van der Waals surface area contributed by atoms with Crippen molar-refractivity contribution in [2.24, 2.45) is 0 Å². The van der Waals surface area contributed by atoms with E-state index in [9.17, 15) is 4.79 Å². The van der Waals surface area contributed by atoms with E-state index < -0.39 is 0 Å². The largest absolute Gasteiger partial charge is 0.368 e. The van der Waals surface area contributed by atoms with E-state index in [4.69, 9.17) is 5.73 Å². The predicted molar refractivity (Wildman–Crippen MR) is 79.7 cm³/mol. The van der Waals surface area contributed by atoms with Crippen molar-refractivity contribution in [3.05, 3.63) is 0 Å². The second kappa shape index (κ2) is 6.88. The molecule has 1 amide bonds. The molecule has 1 heterocycles. The predicted octanol–water partition coefficient (Wildman–Crippen LogP) is -0.129. The molecule has 1 rings (SSSR count). The van der Waals surface area contributed by atoms with Gasteiger partial charge in [0, 0.05) is 26.7 Å². The minimum Gasteiger partial charge on any atom is -0.368 e. The monoisotopic (exact) mass is 281 g/mol. The number of amides is 1. The number of nitrogens with zero attached hydrogens (tertiary/aromatic N) is 5. The smallest absolute Gasteiger partial charge is 0.239 e. The Bertz CT molecular complexity index is 461. The number of nitrogens with one attached hydrogen (secondary N) is 1. The lowest BCUT2D eigenvalue weighted by Crippen LogP contribution is -2.41. The van der Waals surface area contributed by atoms with Crippen LogP contribution < -0.4 is 20.9 Å². The van der Waals surface area contributed by atoms with Gasteiger partial charge in [0.1, 0.15) is 0 Å². The Morgan fingerprint density at radius 2 is 1.85 bits per heavy atom. The Kier molecular flexibility index (Phi) is 5.48. The SMILES string of the molecule is CCN(CC(=O)NC(C)C)c1nc(N)nc(N(C)C)n1. The van der Waals surface area contributed by atoms with E-state index in [-0.39, 0.29) is 24.4 Å². The van der Waals surface area contributed by atoms with Gasteiger partial charge in [-0.3, -0.25) is 4.79 Å². The third kappa shape index (κ3) is 4.52. The molecule has 8 nitrogen and oxygen atoms in total. The molecule has 0 saturated carbocycles. The van der Waals surface area contributed by atoms with Crippen LogP contribution in [0.4, 0.5) is 17.8 Å². The van der Waals surface area contributed by atoms with Gasteiger partial charge in [-0.05, 0) is 20.8 Å². The maximum absolute atomic E-state index is 11.8. The van der Waals surface area contributed by atoms with Gasteiger partial charge in [0.25, 0.3) is 0 Å². The highest BCUT2D eigenvalue weighted by Gasteiger charge is 2.15. The molecule has 0 bridgehead atoms. The average molecular weight is 281 g/mol. The standard InChI is InChI=1S/C12H23N7O/c1-6-19(7-9(20)14-8(2)3)12-16-10(13)15-11(17-12)18(4)5/h8H,6-7H2,1-5H3,(H,14,20)(H2,13,15,16,17). The van der Waals surface area contributed by atoms with Gasteiger partial charge in [0.05, 0.1) is 6.54 Å². The number of hydrogen-bond acceptors (Lipinski definition) is 7. The topological polar surface area (TPSA) is 100 Å². The van der Waals surface area contributed by atoms with Crippen molar-refractivity contribution in [1.82, 2.24) is 20.3 Å². The van der Waals surface area contributed by atoms with Gasteiger partial charge >= 0.3 is 0 Å². The van der Waals surface area contributed by atoms with E-state index >= 15 is 0 Å². The third-order valence-electron chi connectivity index (χ3n) is 2.48. The molecule has 0 atom stereocenters. The van der Waals surface area contributed by atoms with Crippen molar-refractivity contribution in [3.63, 3.8) is 0 Å². The van der Waals surface area contributed by atoms with Crippen molar-refractivity contribution in [2.75, 3.05) is 42.7 Å². The van der Waals surface area contributed by atoms with Gasteiger partial charge in [0.15, 0.2) is 0 Å². The molecular weight excluding hydrogens is 258 g/mol. The van der Waals surface area contributed by atoms with Crippen molar-refractivity contribution in [2.45, 2.75) is 26.8 Å². The fraction of sp³-hybridized carbons (Fsp3) is 0.667. The molecule has 0 saturated heterocycles. The zero-order chi connectivity index (χ0) is 15.3. The Balaban J connectivity index is 2.92. The number of anilines is 3.